The fourth-order valence-corrected chi connectivity index (χ4v) is 2.53. The lowest BCUT2D eigenvalue weighted by Gasteiger charge is -2.13. The third-order valence-corrected chi connectivity index (χ3v) is 3.92. The molecule has 0 bridgehead atoms. The van der Waals surface area contributed by atoms with E-state index in [-0.39, 0.29) is 11.8 Å². The molecule has 0 saturated heterocycles. The standard InChI is InChI=1S/C19H24N2O4/c1-13(21-19(23)24)6-7-14-8-9-17(18(22)11-14)20-12-15-4-3-5-16(10-15)25-2/h3-5,8-11,13,20-22H,6-7,12H2,1-2H3,(H,23,24). The van der Waals surface area contributed by atoms with Crippen LogP contribution in [0.15, 0.2) is 42.5 Å². The topological polar surface area (TPSA) is 90.8 Å². The molecule has 2 aromatic carbocycles. The number of carboxylic acid groups (broad SMARTS) is 1. The summed E-state index contributed by atoms with van der Waals surface area (Å²) in [6, 6.07) is 13.1. The van der Waals surface area contributed by atoms with Crippen molar-refractivity contribution in [3.8, 4) is 11.5 Å². The summed E-state index contributed by atoms with van der Waals surface area (Å²) in [5, 5.41) is 24.5. The van der Waals surface area contributed by atoms with Crippen molar-refractivity contribution in [2.45, 2.75) is 32.4 Å². The molecule has 6 nitrogen and oxygen atoms in total. The first-order valence-corrected chi connectivity index (χ1v) is 8.16. The van der Waals surface area contributed by atoms with E-state index in [4.69, 9.17) is 9.84 Å². The van der Waals surface area contributed by atoms with Gasteiger partial charge in [0, 0.05) is 12.6 Å². The minimum absolute atomic E-state index is 0.134. The molecule has 0 spiro atoms. The maximum absolute atomic E-state index is 10.6. The normalized spacial score (nSPS) is 11.6. The summed E-state index contributed by atoms with van der Waals surface area (Å²) in [5.41, 5.74) is 2.67. The molecule has 0 saturated carbocycles. The minimum atomic E-state index is -1.02. The summed E-state index contributed by atoms with van der Waals surface area (Å²) >= 11 is 0. The van der Waals surface area contributed by atoms with Crippen LogP contribution in [0.1, 0.15) is 24.5 Å². The van der Waals surface area contributed by atoms with Gasteiger partial charge < -0.3 is 25.6 Å². The number of nitrogens with one attached hydrogen (secondary N) is 2. The van der Waals surface area contributed by atoms with Crippen molar-refractivity contribution in [3.63, 3.8) is 0 Å². The van der Waals surface area contributed by atoms with Crippen molar-refractivity contribution in [1.29, 1.82) is 0 Å². The summed E-state index contributed by atoms with van der Waals surface area (Å²) in [7, 11) is 1.63. The quantitative estimate of drug-likeness (QED) is 0.549. The number of anilines is 1. The molecule has 2 aromatic rings. The summed E-state index contributed by atoms with van der Waals surface area (Å²) < 4.78 is 5.20. The maximum atomic E-state index is 10.6. The van der Waals surface area contributed by atoms with Crippen LogP contribution >= 0.6 is 0 Å². The first-order chi connectivity index (χ1) is 12.0. The number of aromatic hydroxyl groups is 1. The van der Waals surface area contributed by atoms with Crippen LogP contribution in [-0.4, -0.2) is 29.5 Å². The van der Waals surface area contributed by atoms with E-state index in [1.165, 1.54) is 0 Å². The van der Waals surface area contributed by atoms with Gasteiger partial charge in [-0.15, -0.1) is 0 Å². The van der Waals surface area contributed by atoms with Crippen molar-refractivity contribution in [1.82, 2.24) is 5.32 Å². The summed E-state index contributed by atoms with van der Waals surface area (Å²) in [5.74, 6) is 0.974. The summed E-state index contributed by atoms with van der Waals surface area (Å²) in [6.07, 6.45) is 0.334. The Balaban J connectivity index is 1.91. The Morgan fingerprint density at radius 2 is 2.00 bits per heavy atom. The monoisotopic (exact) mass is 344 g/mol. The highest BCUT2D eigenvalue weighted by molar-refractivity contribution is 5.64. The second kappa shape index (κ2) is 8.82. The number of rotatable bonds is 8. The lowest BCUT2D eigenvalue weighted by molar-refractivity contribution is 0.190. The number of phenolic OH excluding ortho intramolecular Hbond substituents is 1. The number of carbonyl (C=O) groups is 1. The van der Waals surface area contributed by atoms with Crippen LogP contribution in [0.4, 0.5) is 10.5 Å². The Bertz CT molecular complexity index is 718. The molecule has 0 radical (unpaired) electrons. The van der Waals surface area contributed by atoms with Crippen LogP contribution in [0.25, 0.3) is 0 Å². The van der Waals surface area contributed by atoms with Crippen LogP contribution < -0.4 is 15.4 Å². The molecule has 0 aliphatic heterocycles. The number of benzene rings is 2. The highest BCUT2D eigenvalue weighted by Crippen LogP contribution is 2.26. The Morgan fingerprint density at radius 1 is 1.20 bits per heavy atom. The number of hydrogen-bond acceptors (Lipinski definition) is 4. The molecule has 6 heteroatoms. The Hall–Kier alpha value is -2.89. The molecule has 1 unspecified atom stereocenters. The average Bonchev–Trinajstić information content (AvgIpc) is 2.58. The number of amides is 1. The summed E-state index contributed by atoms with van der Waals surface area (Å²) in [4.78, 5) is 10.6. The van der Waals surface area contributed by atoms with E-state index in [1.807, 2.05) is 43.3 Å². The van der Waals surface area contributed by atoms with E-state index in [1.54, 1.807) is 13.2 Å². The van der Waals surface area contributed by atoms with Crippen molar-refractivity contribution in [3.05, 3.63) is 53.6 Å². The van der Waals surface area contributed by atoms with Crippen molar-refractivity contribution >= 4 is 11.8 Å². The van der Waals surface area contributed by atoms with Gasteiger partial charge in [-0.05, 0) is 55.2 Å². The van der Waals surface area contributed by atoms with Crippen LogP contribution in [0.3, 0.4) is 0 Å². The van der Waals surface area contributed by atoms with Crippen molar-refractivity contribution in [2.24, 2.45) is 0 Å². The molecular weight excluding hydrogens is 320 g/mol. The molecule has 2 rings (SSSR count). The summed E-state index contributed by atoms with van der Waals surface area (Å²) in [6.45, 7) is 2.39. The van der Waals surface area contributed by atoms with Gasteiger partial charge in [-0.3, -0.25) is 0 Å². The van der Waals surface area contributed by atoms with Crippen molar-refractivity contribution in [2.75, 3.05) is 12.4 Å². The number of ether oxygens (including phenoxy) is 1. The Morgan fingerprint density at radius 3 is 2.68 bits per heavy atom. The van der Waals surface area contributed by atoms with E-state index < -0.39 is 6.09 Å². The SMILES string of the molecule is COc1cccc(CNc2ccc(CCC(C)NC(=O)O)cc2O)c1. The zero-order valence-electron chi connectivity index (χ0n) is 14.5. The number of phenols is 1. The molecule has 0 aliphatic rings. The molecular formula is C19H24N2O4. The van der Waals surface area contributed by atoms with Gasteiger partial charge in [0.1, 0.15) is 11.5 Å². The molecule has 0 aliphatic carbocycles. The van der Waals surface area contributed by atoms with Gasteiger partial charge in [-0.1, -0.05) is 18.2 Å². The van der Waals surface area contributed by atoms with E-state index in [0.29, 0.717) is 25.1 Å². The highest BCUT2D eigenvalue weighted by atomic mass is 16.5. The highest BCUT2D eigenvalue weighted by Gasteiger charge is 2.07. The third kappa shape index (κ3) is 5.91. The zero-order valence-corrected chi connectivity index (χ0v) is 14.5. The molecule has 0 aromatic heterocycles. The van der Waals surface area contributed by atoms with Gasteiger partial charge in [0.25, 0.3) is 0 Å². The van der Waals surface area contributed by atoms with Gasteiger partial charge in [0.2, 0.25) is 0 Å². The molecule has 134 valence electrons. The smallest absolute Gasteiger partial charge is 0.404 e. The maximum Gasteiger partial charge on any atom is 0.404 e. The third-order valence-electron chi connectivity index (χ3n) is 3.92. The average molecular weight is 344 g/mol. The second-order valence-corrected chi connectivity index (χ2v) is 5.95. The van der Waals surface area contributed by atoms with E-state index >= 15 is 0 Å². The zero-order chi connectivity index (χ0) is 18.2. The lowest BCUT2D eigenvalue weighted by atomic mass is 10.1. The van der Waals surface area contributed by atoms with Crippen LogP contribution in [0.5, 0.6) is 11.5 Å². The van der Waals surface area contributed by atoms with E-state index in [2.05, 4.69) is 10.6 Å². The molecule has 4 N–H and O–H groups in total. The molecule has 0 heterocycles. The van der Waals surface area contributed by atoms with Crippen LogP contribution in [-0.2, 0) is 13.0 Å². The first-order valence-electron chi connectivity index (χ1n) is 8.16. The molecule has 0 fully saturated rings. The predicted octanol–water partition coefficient (Wildman–Crippen LogP) is 3.60. The van der Waals surface area contributed by atoms with Gasteiger partial charge >= 0.3 is 6.09 Å². The Labute approximate surface area is 147 Å². The lowest BCUT2D eigenvalue weighted by Crippen LogP contribution is -2.31. The number of hydrogen-bond donors (Lipinski definition) is 4. The van der Waals surface area contributed by atoms with Gasteiger partial charge in [0.15, 0.2) is 0 Å². The molecule has 1 amide bonds. The van der Waals surface area contributed by atoms with Gasteiger partial charge in [-0.25, -0.2) is 4.79 Å². The fourth-order valence-electron chi connectivity index (χ4n) is 2.53. The minimum Gasteiger partial charge on any atom is -0.506 e. The van der Waals surface area contributed by atoms with Crippen LogP contribution in [0, 0.1) is 0 Å². The predicted molar refractivity (Wildman–Crippen MR) is 97.4 cm³/mol. The number of aryl methyl sites for hydroxylation is 1. The first kappa shape index (κ1) is 18.4. The molecule has 25 heavy (non-hydrogen) atoms. The van der Waals surface area contributed by atoms with Gasteiger partial charge in [0.05, 0.1) is 12.8 Å². The fraction of sp³-hybridized carbons (Fsp3) is 0.316. The number of methoxy groups -OCH3 is 1. The van der Waals surface area contributed by atoms with Crippen molar-refractivity contribution < 1.29 is 19.7 Å². The van der Waals surface area contributed by atoms with E-state index in [9.17, 15) is 9.90 Å². The van der Waals surface area contributed by atoms with E-state index in [0.717, 1.165) is 16.9 Å². The largest absolute Gasteiger partial charge is 0.506 e. The molecule has 1 atom stereocenters. The van der Waals surface area contributed by atoms with Gasteiger partial charge in [-0.2, -0.15) is 0 Å². The van der Waals surface area contributed by atoms with Crippen LogP contribution in [0.2, 0.25) is 0 Å². The Kier molecular flexibility index (Phi) is 6.51. The second-order valence-electron chi connectivity index (χ2n) is 5.95.